The van der Waals surface area contributed by atoms with Crippen molar-refractivity contribution in [2.45, 2.75) is 57.9 Å². The smallest absolute Gasteiger partial charge is 0.259 e. The lowest BCUT2D eigenvalue weighted by atomic mass is 9.95. The summed E-state index contributed by atoms with van der Waals surface area (Å²) in [6.07, 6.45) is 8.65. The molecule has 0 bridgehead atoms. The van der Waals surface area contributed by atoms with Crippen LogP contribution in [0.4, 0.5) is 17.2 Å². The van der Waals surface area contributed by atoms with Crippen molar-refractivity contribution < 1.29 is 9.59 Å². The highest BCUT2D eigenvalue weighted by Gasteiger charge is 2.26. The number of rotatable bonds is 6. The van der Waals surface area contributed by atoms with Crippen molar-refractivity contribution in [3.63, 3.8) is 0 Å². The predicted octanol–water partition coefficient (Wildman–Crippen LogP) is 4.91. The van der Waals surface area contributed by atoms with Crippen LogP contribution in [0.3, 0.4) is 0 Å². The molecule has 0 spiro atoms. The van der Waals surface area contributed by atoms with Crippen molar-refractivity contribution in [1.82, 2.24) is 9.97 Å². The Morgan fingerprint density at radius 2 is 1.91 bits per heavy atom. The standard InChI is InChI=1S/C28H31N5O2/c1-19-10-12-24(27(30-19)31-21-7-3-2-4-8-21)28(35)32-23-11-13-25-20(17-23)14-16-33(25)26(34)18-22-9-5-6-15-29-22/h5-6,9-13,15,17,21H,2-4,7-8,14,16,18H2,1H3,(H,30,31)(H,32,35). The number of benzene rings is 1. The number of carbonyl (C=O) groups is 2. The third kappa shape index (κ3) is 5.34. The van der Waals surface area contributed by atoms with E-state index in [1.807, 2.05) is 60.4 Å². The highest BCUT2D eigenvalue weighted by molar-refractivity contribution is 6.08. The van der Waals surface area contributed by atoms with Crippen LogP contribution >= 0.6 is 0 Å². The first kappa shape index (κ1) is 23.0. The lowest BCUT2D eigenvalue weighted by Crippen LogP contribution is -2.30. The number of nitrogens with zero attached hydrogens (tertiary/aromatic N) is 3. The Balaban J connectivity index is 1.28. The van der Waals surface area contributed by atoms with Crippen molar-refractivity contribution >= 4 is 29.0 Å². The number of aromatic nitrogens is 2. The normalized spacial score (nSPS) is 15.5. The van der Waals surface area contributed by atoms with Crippen LogP contribution in [0.15, 0.2) is 54.7 Å². The minimum atomic E-state index is -0.183. The molecule has 0 atom stereocenters. The minimum Gasteiger partial charge on any atom is -0.367 e. The molecular weight excluding hydrogens is 438 g/mol. The van der Waals surface area contributed by atoms with Gasteiger partial charge in [0.05, 0.1) is 12.0 Å². The van der Waals surface area contributed by atoms with Crippen LogP contribution in [0.1, 0.15) is 59.4 Å². The summed E-state index contributed by atoms with van der Waals surface area (Å²) in [6.45, 7) is 2.57. The van der Waals surface area contributed by atoms with Gasteiger partial charge in [-0.2, -0.15) is 0 Å². The minimum absolute atomic E-state index is 0.0309. The third-order valence-corrected chi connectivity index (χ3v) is 6.82. The van der Waals surface area contributed by atoms with Crippen LogP contribution in [-0.2, 0) is 17.6 Å². The molecule has 2 aliphatic rings. The largest absolute Gasteiger partial charge is 0.367 e. The Kier molecular flexibility index (Phi) is 6.75. The second-order valence-electron chi connectivity index (χ2n) is 9.42. The zero-order valence-electron chi connectivity index (χ0n) is 20.1. The number of anilines is 3. The maximum atomic E-state index is 13.2. The molecule has 180 valence electrons. The fourth-order valence-electron chi connectivity index (χ4n) is 4.98. The summed E-state index contributed by atoms with van der Waals surface area (Å²) in [5.74, 6) is 0.502. The van der Waals surface area contributed by atoms with Crippen molar-refractivity contribution in [2.75, 3.05) is 22.1 Å². The van der Waals surface area contributed by atoms with E-state index in [-0.39, 0.29) is 18.2 Å². The molecule has 1 aliphatic carbocycles. The molecule has 1 aliphatic heterocycles. The summed E-state index contributed by atoms with van der Waals surface area (Å²) in [6, 6.07) is 15.4. The maximum absolute atomic E-state index is 13.2. The summed E-state index contributed by atoms with van der Waals surface area (Å²) < 4.78 is 0. The Labute approximate surface area is 206 Å². The molecule has 3 aromatic rings. The summed E-state index contributed by atoms with van der Waals surface area (Å²) in [5.41, 5.74) is 4.87. The zero-order chi connectivity index (χ0) is 24.2. The predicted molar refractivity (Wildman–Crippen MR) is 138 cm³/mol. The van der Waals surface area contributed by atoms with Gasteiger partial charge < -0.3 is 15.5 Å². The first-order chi connectivity index (χ1) is 17.1. The van der Waals surface area contributed by atoms with Crippen molar-refractivity contribution in [3.05, 3.63) is 77.2 Å². The van der Waals surface area contributed by atoms with E-state index in [1.54, 1.807) is 6.20 Å². The van der Waals surface area contributed by atoms with Gasteiger partial charge >= 0.3 is 0 Å². The molecule has 2 aromatic heterocycles. The Morgan fingerprint density at radius 1 is 1.06 bits per heavy atom. The summed E-state index contributed by atoms with van der Waals surface area (Å²) in [4.78, 5) is 36.8. The van der Waals surface area contributed by atoms with Gasteiger partial charge in [-0.3, -0.25) is 14.6 Å². The Bertz CT molecular complexity index is 1220. The Morgan fingerprint density at radius 3 is 2.71 bits per heavy atom. The summed E-state index contributed by atoms with van der Waals surface area (Å²) in [7, 11) is 0. The van der Waals surface area contributed by atoms with Crippen LogP contribution in [0.5, 0.6) is 0 Å². The molecule has 5 rings (SSSR count). The molecule has 35 heavy (non-hydrogen) atoms. The molecule has 1 aromatic carbocycles. The van der Waals surface area contributed by atoms with E-state index >= 15 is 0 Å². The van der Waals surface area contributed by atoms with Gasteiger partial charge in [-0.1, -0.05) is 25.3 Å². The van der Waals surface area contributed by atoms with E-state index < -0.39 is 0 Å². The molecule has 1 fully saturated rings. The first-order valence-electron chi connectivity index (χ1n) is 12.5. The second-order valence-corrected chi connectivity index (χ2v) is 9.42. The van der Waals surface area contributed by atoms with Crippen molar-refractivity contribution in [3.8, 4) is 0 Å². The van der Waals surface area contributed by atoms with E-state index in [0.717, 1.165) is 47.6 Å². The van der Waals surface area contributed by atoms with Gasteiger partial charge in [0.2, 0.25) is 5.91 Å². The third-order valence-electron chi connectivity index (χ3n) is 6.82. The van der Waals surface area contributed by atoms with Gasteiger partial charge in [0.15, 0.2) is 0 Å². The van der Waals surface area contributed by atoms with Gasteiger partial charge in [0.1, 0.15) is 5.82 Å². The van der Waals surface area contributed by atoms with Crippen LogP contribution in [0.25, 0.3) is 0 Å². The van der Waals surface area contributed by atoms with E-state index in [0.29, 0.717) is 24.0 Å². The van der Waals surface area contributed by atoms with Crippen molar-refractivity contribution in [2.24, 2.45) is 0 Å². The number of nitrogens with one attached hydrogen (secondary N) is 2. The molecule has 0 saturated heterocycles. The quantitative estimate of drug-likeness (QED) is 0.535. The molecule has 1 saturated carbocycles. The van der Waals surface area contributed by atoms with Crippen LogP contribution < -0.4 is 15.5 Å². The molecule has 2 N–H and O–H groups in total. The lowest BCUT2D eigenvalue weighted by molar-refractivity contribution is -0.117. The number of hydrogen-bond acceptors (Lipinski definition) is 5. The molecular formula is C28H31N5O2. The molecule has 7 heteroatoms. The fourth-order valence-corrected chi connectivity index (χ4v) is 4.98. The van der Waals surface area contributed by atoms with Gasteiger partial charge in [-0.15, -0.1) is 0 Å². The fraction of sp³-hybridized carbons (Fsp3) is 0.357. The van der Waals surface area contributed by atoms with E-state index in [9.17, 15) is 9.59 Å². The molecule has 2 amide bonds. The monoisotopic (exact) mass is 469 g/mol. The molecule has 7 nitrogen and oxygen atoms in total. The Hall–Kier alpha value is -3.74. The lowest BCUT2D eigenvalue weighted by Gasteiger charge is -2.24. The number of hydrogen-bond donors (Lipinski definition) is 2. The first-order valence-corrected chi connectivity index (χ1v) is 12.5. The number of aryl methyl sites for hydroxylation is 1. The zero-order valence-corrected chi connectivity index (χ0v) is 20.1. The highest BCUT2D eigenvalue weighted by atomic mass is 16.2. The average molecular weight is 470 g/mol. The van der Waals surface area contributed by atoms with Crippen molar-refractivity contribution in [1.29, 1.82) is 0 Å². The van der Waals surface area contributed by atoms with Gasteiger partial charge in [-0.25, -0.2) is 4.98 Å². The van der Waals surface area contributed by atoms with Gasteiger partial charge in [0, 0.05) is 41.5 Å². The van der Waals surface area contributed by atoms with Gasteiger partial charge in [-0.05, 0) is 74.2 Å². The highest BCUT2D eigenvalue weighted by Crippen LogP contribution is 2.31. The second kappa shape index (κ2) is 10.3. The summed E-state index contributed by atoms with van der Waals surface area (Å²) >= 11 is 0. The summed E-state index contributed by atoms with van der Waals surface area (Å²) in [5, 5.41) is 6.55. The molecule has 0 unspecified atom stereocenters. The molecule has 0 radical (unpaired) electrons. The van der Waals surface area contributed by atoms with Crippen LogP contribution in [-0.4, -0.2) is 34.4 Å². The average Bonchev–Trinajstić information content (AvgIpc) is 3.29. The van der Waals surface area contributed by atoms with E-state index in [4.69, 9.17) is 0 Å². The van der Waals surface area contributed by atoms with E-state index in [2.05, 4.69) is 20.6 Å². The van der Waals surface area contributed by atoms with Gasteiger partial charge in [0.25, 0.3) is 5.91 Å². The molecule has 3 heterocycles. The van der Waals surface area contributed by atoms with Crippen LogP contribution in [0.2, 0.25) is 0 Å². The number of pyridine rings is 2. The van der Waals surface area contributed by atoms with Crippen LogP contribution in [0, 0.1) is 6.92 Å². The SMILES string of the molecule is Cc1ccc(C(=O)Nc2ccc3c(c2)CCN3C(=O)Cc2ccccn2)c(NC2CCCCC2)n1. The maximum Gasteiger partial charge on any atom is 0.259 e. The van der Waals surface area contributed by atoms with E-state index in [1.165, 1.54) is 19.3 Å². The number of fused-ring (bicyclic) bond motifs is 1. The topological polar surface area (TPSA) is 87.2 Å². The number of carbonyl (C=O) groups excluding carboxylic acids is 2. The number of amides is 2.